The van der Waals surface area contributed by atoms with E-state index >= 15 is 0 Å². The van der Waals surface area contributed by atoms with E-state index in [4.69, 9.17) is 0 Å². The minimum Gasteiger partial charge on any atom is -0.307 e. The average molecular weight is 205 g/mol. The first-order chi connectivity index (χ1) is 7.05. The van der Waals surface area contributed by atoms with E-state index in [-0.39, 0.29) is 5.41 Å². The summed E-state index contributed by atoms with van der Waals surface area (Å²) in [6.45, 7) is 7.32. The zero-order valence-corrected chi connectivity index (χ0v) is 9.75. The van der Waals surface area contributed by atoms with Crippen LogP contribution < -0.4 is 5.32 Å². The third-order valence-electron chi connectivity index (χ3n) is 2.60. The summed E-state index contributed by atoms with van der Waals surface area (Å²) in [4.78, 5) is 8.85. The average Bonchev–Trinajstić information content (AvgIpc) is 2.97. The van der Waals surface area contributed by atoms with E-state index in [1.54, 1.807) is 0 Å². The summed E-state index contributed by atoms with van der Waals surface area (Å²) in [6.07, 6.45) is 4.47. The maximum Gasteiger partial charge on any atom is 0.142 e. The molecule has 1 N–H and O–H groups in total. The molecule has 0 aliphatic heterocycles. The largest absolute Gasteiger partial charge is 0.307 e. The van der Waals surface area contributed by atoms with Gasteiger partial charge in [-0.25, -0.2) is 9.97 Å². The first-order valence-electron chi connectivity index (χ1n) is 5.61. The molecule has 1 heterocycles. The summed E-state index contributed by atoms with van der Waals surface area (Å²) in [7, 11) is 0. The molecule has 2 rings (SSSR count). The Morgan fingerprint density at radius 2 is 2.13 bits per heavy atom. The van der Waals surface area contributed by atoms with Gasteiger partial charge in [-0.15, -0.1) is 0 Å². The summed E-state index contributed by atoms with van der Waals surface area (Å²) in [5.41, 5.74) is 1.22. The van der Waals surface area contributed by atoms with Gasteiger partial charge < -0.3 is 5.32 Å². The fraction of sp³-hybridized carbons (Fsp3) is 0.667. The lowest BCUT2D eigenvalue weighted by molar-refractivity contribution is 0.555. The molecule has 3 nitrogen and oxygen atoms in total. The molecule has 0 atom stereocenters. The van der Waals surface area contributed by atoms with E-state index in [1.807, 2.05) is 12.3 Å². The molecule has 1 aliphatic carbocycles. The second kappa shape index (κ2) is 3.89. The van der Waals surface area contributed by atoms with Crippen molar-refractivity contribution in [1.29, 1.82) is 0 Å². The van der Waals surface area contributed by atoms with Gasteiger partial charge in [-0.1, -0.05) is 20.8 Å². The van der Waals surface area contributed by atoms with E-state index in [1.165, 1.54) is 12.8 Å². The predicted molar refractivity (Wildman–Crippen MR) is 60.6 cm³/mol. The standard InChI is InChI=1S/C12H19N3/c1-12(2,3)10-6-7-13-11(15-10)8-14-9-4-5-9/h6-7,9,14H,4-5,8H2,1-3H3. The van der Waals surface area contributed by atoms with Crippen LogP contribution in [0.2, 0.25) is 0 Å². The molecular formula is C12H19N3. The first-order valence-corrected chi connectivity index (χ1v) is 5.61. The van der Waals surface area contributed by atoms with Gasteiger partial charge in [0.1, 0.15) is 5.82 Å². The molecule has 0 spiro atoms. The Hall–Kier alpha value is -0.960. The Labute approximate surface area is 91.3 Å². The van der Waals surface area contributed by atoms with E-state index in [2.05, 4.69) is 36.1 Å². The molecule has 0 amide bonds. The molecule has 1 aromatic rings. The van der Waals surface area contributed by atoms with Crippen molar-refractivity contribution < 1.29 is 0 Å². The highest BCUT2D eigenvalue weighted by molar-refractivity contribution is 5.12. The minimum atomic E-state index is 0.108. The van der Waals surface area contributed by atoms with Crippen LogP contribution in [0, 0.1) is 0 Å². The molecule has 0 radical (unpaired) electrons. The summed E-state index contributed by atoms with van der Waals surface area (Å²) in [5.74, 6) is 0.911. The van der Waals surface area contributed by atoms with Crippen LogP contribution in [-0.2, 0) is 12.0 Å². The molecule has 0 aromatic carbocycles. The highest BCUT2D eigenvalue weighted by atomic mass is 15.0. The lowest BCUT2D eigenvalue weighted by atomic mass is 9.92. The summed E-state index contributed by atoms with van der Waals surface area (Å²) >= 11 is 0. The number of nitrogens with one attached hydrogen (secondary N) is 1. The van der Waals surface area contributed by atoms with Crippen molar-refractivity contribution >= 4 is 0 Å². The van der Waals surface area contributed by atoms with Gasteiger partial charge >= 0.3 is 0 Å². The molecule has 0 saturated heterocycles. The number of aromatic nitrogens is 2. The zero-order chi connectivity index (χ0) is 10.9. The van der Waals surface area contributed by atoms with Crippen LogP contribution in [0.1, 0.15) is 45.1 Å². The molecule has 1 aliphatic rings. The fourth-order valence-corrected chi connectivity index (χ4v) is 1.43. The second-order valence-corrected chi connectivity index (χ2v) is 5.26. The van der Waals surface area contributed by atoms with Crippen LogP contribution in [0.15, 0.2) is 12.3 Å². The van der Waals surface area contributed by atoms with Gasteiger partial charge in [0, 0.05) is 23.3 Å². The summed E-state index contributed by atoms with van der Waals surface area (Å²) < 4.78 is 0. The number of hydrogen-bond donors (Lipinski definition) is 1. The zero-order valence-electron chi connectivity index (χ0n) is 9.75. The molecule has 1 saturated carbocycles. The van der Waals surface area contributed by atoms with Crippen molar-refractivity contribution in [3.05, 3.63) is 23.8 Å². The van der Waals surface area contributed by atoms with Crippen molar-refractivity contribution in [2.75, 3.05) is 0 Å². The quantitative estimate of drug-likeness (QED) is 0.820. The third-order valence-corrected chi connectivity index (χ3v) is 2.60. The maximum absolute atomic E-state index is 4.57. The van der Waals surface area contributed by atoms with Crippen LogP contribution in [0.25, 0.3) is 0 Å². The van der Waals surface area contributed by atoms with Crippen molar-refractivity contribution in [1.82, 2.24) is 15.3 Å². The smallest absolute Gasteiger partial charge is 0.142 e. The normalized spacial score (nSPS) is 16.7. The maximum atomic E-state index is 4.57. The molecule has 15 heavy (non-hydrogen) atoms. The highest BCUT2D eigenvalue weighted by Gasteiger charge is 2.21. The Morgan fingerprint density at radius 1 is 1.40 bits per heavy atom. The third kappa shape index (κ3) is 2.99. The van der Waals surface area contributed by atoms with Gasteiger partial charge in [-0.2, -0.15) is 0 Å². The lowest BCUT2D eigenvalue weighted by Gasteiger charge is -2.17. The molecule has 3 heteroatoms. The molecule has 1 fully saturated rings. The van der Waals surface area contributed by atoms with Crippen molar-refractivity contribution in [3.63, 3.8) is 0 Å². The minimum absolute atomic E-state index is 0.108. The van der Waals surface area contributed by atoms with Crippen molar-refractivity contribution in [2.24, 2.45) is 0 Å². The van der Waals surface area contributed by atoms with E-state index in [0.717, 1.165) is 18.1 Å². The van der Waals surface area contributed by atoms with Gasteiger partial charge in [-0.3, -0.25) is 0 Å². The lowest BCUT2D eigenvalue weighted by Crippen LogP contribution is -2.20. The summed E-state index contributed by atoms with van der Waals surface area (Å²) in [6, 6.07) is 2.72. The van der Waals surface area contributed by atoms with Gasteiger partial charge in [0.15, 0.2) is 0 Å². The van der Waals surface area contributed by atoms with Gasteiger partial charge in [0.2, 0.25) is 0 Å². The Balaban J connectivity index is 2.04. The van der Waals surface area contributed by atoms with Crippen LogP contribution in [-0.4, -0.2) is 16.0 Å². The Bertz CT molecular complexity index is 337. The van der Waals surface area contributed by atoms with Gasteiger partial charge in [0.05, 0.1) is 6.54 Å². The molecule has 82 valence electrons. The Morgan fingerprint density at radius 3 is 2.73 bits per heavy atom. The van der Waals surface area contributed by atoms with E-state index < -0.39 is 0 Å². The predicted octanol–water partition coefficient (Wildman–Crippen LogP) is 2.03. The molecule has 0 bridgehead atoms. The second-order valence-electron chi connectivity index (χ2n) is 5.26. The number of nitrogens with zero attached hydrogens (tertiary/aromatic N) is 2. The van der Waals surface area contributed by atoms with E-state index in [0.29, 0.717) is 6.04 Å². The summed E-state index contributed by atoms with van der Waals surface area (Å²) in [5, 5.41) is 3.43. The van der Waals surface area contributed by atoms with Crippen LogP contribution >= 0.6 is 0 Å². The van der Waals surface area contributed by atoms with Crippen molar-refractivity contribution in [2.45, 2.75) is 51.6 Å². The number of rotatable bonds is 3. The molecule has 0 unspecified atom stereocenters. The monoisotopic (exact) mass is 205 g/mol. The molecule has 1 aromatic heterocycles. The Kier molecular flexibility index (Phi) is 2.74. The van der Waals surface area contributed by atoms with Crippen LogP contribution in [0.5, 0.6) is 0 Å². The first kappa shape index (κ1) is 10.6. The number of hydrogen-bond acceptors (Lipinski definition) is 3. The van der Waals surface area contributed by atoms with Crippen LogP contribution in [0.4, 0.5) is 0 Å². The van der Waals surface area contributed by atoms with Crippen LogP contribution in [0.3, 0.4) is 0 Å². The van der Waals surface area contributed by atoms with E-state index in [9.17, 15) is 0 Å². The topological polar surface area (TPSA) is 37.8 Å². The molecular weight excluding hydrogens is 186 g/mol. The van der Waals surface area contributed by atoms with Gasteiger partial charge in [-0.05, 0) is 18.9 Å². The highest BCUT2D eigenvalue weighted by Crippen LogP contribution is 2.20. The van der Waals surface area contributed by atoms with Crippen molar-refractivity contribution in [3.8, 4) is 0 Å². The van der Waals surface area contributed by atoms with Gasteiger partial charge in [0.25, 0.3) is 0 Å². The fourth-order valence-electron chi connectivity index (χ4n) is 1.43. The SMILES string of the molecule is CC(C)(C)c1ccnc(CNC2CC2)n1.